The number of aryl methyl sites for hydroxylation is 3. The van der Waals surface area contributed by atoms with Crippen molar-refractivity contribution < 1.29 is 0 Å². The minimum Gasteiger partial charge on any atom is -0.103 e. The Morgan fingerprint density at radius 3 is 0.881 bits per heavy atom. The number of hydrogen-bond acceptors (Lipinski definition) is 0. The summed E-state index contributed by atoms with van der Waals surface area (Å²) in [5.74, 6) is 11.2. The van der Waals surface area contributed by atoms with Gasteiger partial charge in [0.1, 0.15) is 0 Å². The SMILES string of the molecule is C.C=CC1CCC(C2CCC(c3ccc(C)cc3)CC2)CC1.CC=CC1CCC(C2CCC(c3ccc(C)cc3)CC2)CC1.CCC=CC1CCC(C2CCC(c3ccc(C)cc3)CC2)CC1. The van der Waals surface area contributed by atoms with Gasteiger partial charge in [0.25, 0.3) is 0 Å². The minimum atomic E-state index is 0. The second-order valence-corrected chi connectivity index (χ2v) is 23.2. The zero-order chi connectivity index (χ0) is 46.1. The van der Waals surface area contributed by atoms with E-state index in [1.54, 1.807) is 16.7 Å². The van der Waals surface area contributed by atoms with Crippen molar-refractivity contribution in [3.05, 3.63) is 143 Å². The Morgan fingerprint density at radius 2 is 0.627 bits per heavy atom. The number of allylic oxidation sites excluding steroid dienone is 5. The van der Waals surface area contributed by atoms with Crippen molar-refractivity contribution in [1.29, 1.82) is 0 Å². The maximum atomic E-state index is 3.97. The molecule has 3 aromatic carbocycles. The first-order valence-electron chi connectivity index (χ1n) is 28.4. The highest BCUT2D eigenvalue weighted by Crippen LogP contribution is 2.47. The van der Waals surface area contributed by atoms with Crippen LogP contribution >= 0.6 is 0 Å². The van der Waals surface area contributed by atoms with E-state index in [4.69, 9.17) is 0 Å². The Kier molecular flexibility index (Phi) is 22.2. The van der Waals surface area contributed by atoms with E-state index in [0.717, 1.165) is 71.0 Å². The molecule has 3 aromatic rings. The molecule has 0 aromatic heterocycles. The second kappa shape index (κ2) is 27.9. The molecular formula is C67H100. The maximum Gasteiger partial charge on any atom is -0.0162 e. The number of rotatable bonds is 10. The van der Waals surface area contributed by atoms with Crippen molar-refractivity contribution in [3.8, 4) is 0 Å². The molecule has 0 amide bonds. The monoisotopic (exact) mass is 905 g/mol. The lowest BCUT2D eigenvalue weighted by atomic mass is 9.68. The Balaban J connectivity index is 0.000000165. The van der Waals surface area contributed by atoms with Gasteiger partial charge in [-0.25, -0.2) is 0 Å². The molecule has 368 valence electrons. The lowest BCUT2D eigenvalue weighted by molar-refractivity contribution is 0.171. The van der Waals surface area contributed by atoms with Crippen molar-refractivity contribution in [1.82, 2.24) is 0 Å². The molecule has 0 heterocycles. The molecule has 0 radical (unpaired) electrons. The van der Waals surface area contributed by atoms with Gasteiger partial charge in [-0.1, -0.05) is 134 Å². The Bertz CT molecular complexity index is 1830. The summed E-state index contributed by atoms with van der Waals surface area (Å²) in [6.45, 7) is 14.9. The highest BCUT2D eigenvalue weighted by Gasteiger charge is 2.33. The molecule has 0 nitrogen and oxygen atoms in total. The molecule has 0 heteroatoms. The van der Waals surface area contributed by atoms with Crippen LogP contribution in [0.15, 0.2) is 110 Å². The zero-order valence-electron chi connectivity index (χ0n) is 43.1. The third kappa shape index (κ3) is 16.2. The molecule has 0 N–H and O–H groups in total. The maximum absolute atomic E-state index is 3.97. The largest absolute Gasteiger partial charge is 0.103 e. The van der Waals surface area contributed by atoms with Crippen LogP contribution in [0.2, 0.25) is 0 Å². The average Bonchev–Trinajstić information content (AvgIpc) is 3.37. The highest BCUT2D eigenvalue weighted by molar-refractivity contribution is 5.27. The summed E-state index contributed by atoms with van der Waals surface area (Å²) < 4.78 is 0. The van der Waals surface area contributed by atoms with Gasteiger partial charge in [0.05, 0.1) is 0 Å². The number of hydrogen-bond donors (Lipinski definition) is 0. The molecule has 6 saturated carbocycles. The van der Waals surface area contributed by atoms with E-state index in [9.17, 15) is 0 Å². The molecular weight excluding hydrogens is 805 g/mol. The summed E-state index contributed by atoms with van der Waals surface area (Å²) in [6, 6.07) is 27.9. The topological polar surface area (TPSA) is 0 Å². The molecule has 0 unspecified atom stereocenters. The van der Waals surface area contributed by atoms with Crippen LogP contribution in [0.5, 0.6) is 0 Å². The van der Waals surface area contributed by atoms with Crippen LogP contribution in [0.4, 0.5) is 0 Å². The van der Waals surface area contributed by atoms with Gasteiger partial charge in [-0.2, -0.15) is 0 Å². The minimum absolute atomic E-state index is 0. The van der Waals surface area contributed by atoms with Gasteiger partial charge in [-0.05, 0) is 276 Å². The van der Waals surface area contributed by atoms with Gasteiger partial charge in [-0.15, -0.1) is 6.58 Å². The molecule has 0 atom stereocenters. The smallest absolute Gasteiger partial charge is 0.0162 e. The lowest BCUT2D eigenvalue weighted by Gasteiger charge is -2.37. The third-order valence-corrected chi connectivity index (χ3v) is 18.9. The molecule has 9 rings (SSSR count). The van der Waals surface area contributed by atoms with Gasteiger partial charge in [-0.3, -0.25) is 0 Å². The first-order valence-corrected chi connectivity index (χ1v) is 28.4. The summed E-state index contributed by atoms with van der Waals surface area (Å²) in [4.78, 5) is 0. The first kappa shape index (κ1) is 53.2. The fourth-order valence-electron chi connectivity index (χ4n) is 14.4. The molecule has 0 bridgehead atoms. The second-order valence-electron chi connectivity index (χ2n) is 23.2. The van der Waals surface area contributed by atoms with Crippen LogP contribution in [0, 0.1) is 74.0 Å². The van der Waals surface area contributed by atoms with Crippen LogP contribution < -0.4 is 0 Å². The van der Waals surface area contributed by atoms with Crippen LogP contribution in [0.3, 0.4) is 0 Å². The average molecular weight is 906 g/mol. The van der Waals surface area contributed by atoms with Crippen molar-refractivity contribution in [2.75, 3.05) is 0 Å². The predicted octanol–water partition coefficient (Wildman–Crippen LogP) is 20.6. The predicted molar refractivity (Wildman–Crippen MR) is 295 cm³/mol. The normalized spacial score (nSPS) is 32.5. The first-order chi connectivity index (χ1) is 32.3. The van der Waals surface area contributed by atoms with E-state index in [1.807, 2.05) is 0 Å². The van der Waals surface area contributed by atoms with E-state index in [2.05, 4.69) is 144 Å². The van der Waals surface area contributed by atoms with Crippen molar-refractivity contribution >= 4 is 0 Å². The molecule has 6 fully saturated rings. The Labute approximate surface area is 414 Å². The number of benzene rings is 3. The summed E-state index contributed by atoms with van der Waals surface area (Å²) in [5, 5.41) is 0. The van der Waals surface area contributed by atoms with Gasteiger partial charge < -0.3 is 0 Å². The van der Waals surface area contributed by atoms with E-state index in [-0.39, 0.29) is 7.43 Å². The summed E-state index contributed by atoms with van der Waals surface area (Å²) in [5.41, 5.74) is 8.90. The molecule has 6 aliphatic rings. The lowest BCUT2D eigenvalue weighted by Crippen LogP contribution is -2.25. The Morgan fingerprint density at radius 1 is 0.373 bits per heavy atom. The van der Waals surface area contributed by atoms with Gasteiger partial charge in [0.15, 0.2) is 0 Å². The van der Waals surface area contributed by atoms with Gasteiger partial charge >= 0.3 is 0 Å². The van der Waals surface area contributed by atoms with Crippen LogP contribution in [0.25, 0.3) is 0 Å². The van der Waals surface area contributed by atoms with Crippen LogP contribution in [-0.2, 0) is 0 Å². The van der Waals surface area contributed by atoms with Gasteiger partial charge in [0.2, 0.25) is 0 Å². The van der Waals surface area contributed by atoms with Gasteiger partial charge in [0, 0.05) is 0 Å². The summed E-state index contributed by atoms with van der Waals surface area (Å²) in [7, 11) is 0. The fourth-order valence-corrected chi connectivity index (χ4v) is 14.4. The fraction of sp³-hybridized carbons (Fsp3) is 0.642. The highest BCUT2D eigenvalue weighted by atomic mass is 14.4. The van der Waals surface area contributed by atoms with Crippen molar-refractivity contribution in [3.63, 3.8) is 0 Å². The quantitative estimate of drug-likeness (QED) is 0.178. The third-order valence-electron chi connectivity index (χ3n) is 18.9. The molecule has 0 spiro atoms. The molecule has 0 saturated heterocycles. The van der Waals surface area contributed by atoms with E-state index < -0.39 is 0 Å². The van der Waals surface area contributed by atoms with Crippen LogP contribution in [-0.4, -0.2) is 0 Å². The standard InChI is InChI=1S/C23H34.C22H32.C21H30.CH4/c1-3-4-5-19-8-12-21(13-9-19)23-16-14-22(15-17-23)20-10-6-18(2)7-11-20;1-3-4-18-7-11-20(12-8-18)22-15-13-21(14-16-22)19-9-5-17(2)6-10-19;1-3-17-6-10-19(11-7-17)21-14-12-20(13-15-21)18-8-4-16(2)5-9-18;/h4-7,10-11,19,21-23H,3,8-9,12-17H2,1-2H3;3-6,9-10,18,20-22H,7-8,11-16H2,1-2H3;3-5,8-9,17,19-21H,1,6-7,10-15H2,2H3;1H4. The molecule has 67 heavy (non-hydrogen) atoms. The van der Waals surface area contributed by atoms with E-state index >= 15 is 0 Å². The Hall–Kier alpha value is -3.12. The van der Waals surface area contributed by atoms with E-state index in [0.29, 0.717) is 0 Å². The van der Waals surface area contributed by atoms with Crippen molar-refractivity contribution in [2.45, 2.75) is 220 Å². The van der Waals surface area contributed by atoms with Crippen LogP contribution in [0.1, 0.15) is 233 Å². The summed E-state index contributed by atoms with van der Waals surface area (Å²) >= 11 is 0. The molecule has 0 aliphatic heterocycles. The van der Waals surface area contributed by atoms with Crippen molar-refractivity contribution in [2.24, 2.45) is 53.3 Å². The molecule has 6 aliphatic carbocycles. The van der Waals surface area contributed by atoms with E-state index in [1.165, 1.54) is 177 Å². The summed E-state index contributed by atoms with van der Waals surface area (Å²) in [6.07, 6.45) is 47.6. The zero-order valence-corrected chi connectivity index (χ0v) is 43.1.